The van der Waals surface area contributed by atoms with Crippen molar-refractivity contribution in [3.05, 3.63) is 0 Å². The van der Waals surface area contributed by atoms with E-state index in [9.17, 15) is 4.79 Å². The summed E-state index contributed by atoms with van der Waals surface area (Å²) in [4.78, 5) is 13.2. The number of methoxy groups -OCH3 is 1. The highest BCUT2D eigenvalue weighted by Crippen LogP contribution is 2.09. The molecule has 1 saturated heterocycles. The summed E-state index contributed by atoms with van der Waals surface area (Å²) in [5.41, 5.74) is 0. The molecular formula is C9H17NO2S. The molecule has 4 heteroatoms. The van der Waals surface area contributed by atoms with Crippen LogP contribution in [-0.2, 0) is 9.53 Å². The molecule has 1 aliphatic rings. The SMILES string of the molecule is COC(=O)CCCN1CCSCC1. The third-order valence-electron chi connectivity index (χ3n) is 2.19. The molecule has 0 spiro atoms. The number of hydrogen-bond acceptors (Lipinski definition) is 4. The molecule has 13 heavy (non-hydrogen) atoms. The predicted molar refractivity (Wildman–Crippen MR) is 55.0 cm³/mol. The van der Waals surface area contributed by atoms with E-state index in [1.807, 2.05) is 11.8 Å². The van der Waals surface area contributed by atoms with Crippen LogP contribution in [0.5, 0.6) is 0 Å². The first-order chi connectivity index (χ1) is 6.33. The van der Waals surface area contributed by atoms with Crippen LogP contribution in [0.1, 0.15) is 12.8 Å². The molecule has 76 valence electrons. The summed E-state index contributed by atoms with van der Waals surface area (Å²) in [6.07, 6.45) is 1.48. The molecule has 1 aliphatic heterocycles. The number of carbonyl (C=O) groups is 1. The number of rotatable bonds is 4. The smallest absolute Gasteiger partial charge is 0.305 e. The Hall–Kier alpha value is -0.220. The first-order valence-electron chi connectivity index (χ1n) is 4.70. The Labute approximate surface area is 83.8 Å². The lowest BCUT2D eigenvalue weighted by molar-refractivity contribution is -0.140. The van der Waals surface area contributed by atoms with E-state index < -0.39 is 0 Å². The van der Waals surface area contributed by atoms with Crippen molar-refractivity contribution in [2.45, 2.75) is 12.8 Å². The van der Waals surface area contributed by atoms with E-state index in [0.717, 1.165) is 13.0 Å². The molecule has 0 aromatic rings. The highest BCUT2D eigenvalue weighted by atomic mass is 32.2. The molecule has 0 saturated carbocycles. The lowest BCUT2D eigenvalue weighted by atomic mass is 10.3. The number of esters is 1. The Bertz CT molecular complexity index is 158. The maximum Gasteiger partial charge on any atom is 0.305 e. The number of ether oxygens (including phenoxy) is 1. The van der Waals surface area contributed by atoms with Gasteiger partial charge < -0.3 is 9.64 Å². The minimum absolute atomic E-state index is 0.0913. The van der Waals surface area contributed by atoms with Crippen molar-refractivity contribution in [2.75, 3.05) is 38.2 Å². The molecule has 0 aromatic carbocycles. The van der Waals surface area contributed by atoms with E-state index in [2.05, 4.69) is 9.64 Å². The van der Waals surface area contributed by atoms with Crippen LogP contribution in [0.15, 0.2) is 0 Å². The third kappa shape index (κ3) is 4.52. The second kappa shape index (κ2) is 6.27. The summed E-state index contributed by atoms with van der Waals surface area (Å²) in [5.74, 6) is 2.38. The minimum Gasteiger partial charge on any atom is -0.469 e. The van der Waals surface area contributed by atoms with Crippen molar-refractivity contribution in [3.8, 4) is 0 Å². The number of carbonyl (C=O) groups excluding carboxylic acids is 1. The number of thioether (sulfide) groups is 1. The van der Waals surface area contributed by atoms with Crippen LogP contribution < -0.4 is 0 Å². The van der Waals surface area contributed by atoms with E-state index in [1.165, 1.54) is 31.7 Å². The Morgan fingerprint density at radius 3 is 2.77 bits per heavy atom. The molecule has 0 N–H and O–H groups in total. The molecule has 0 aliphatic carbocycles. The van der Waals surface area contributed by atoms with Gasteiger partial charge in [-0.25, -0.2) is 0 Å². The summed E-state index contributed by atoms with van der Waals surface area (Å²) in [6, 6.07) is 0. The number of nitrogens with zero attached hydrogens (tertiary/aromatic N) is 1. The molecular weight excluding hydrogens is 186 g/mol. The fraction of sp³-hybridized carbons (Fsp3) is 0.889. The highest BCUT2D eigenvalue weighted by Gasteiger charge is 2.10. The normalized spacial score (nSPS) is 18.5. The van der Waals surface area contributed by atoms with Gasteiger partial charge in [-0.15, -0.1) is 0 Å². The fourth-order valence-corrected chi connectivity index (χ4v) is 2.35. The van der Waals surface area contributed by atoms with Crippen molar-refractivity contribution in [1.29, 1.82) is 0 Å². The first kappa shape index (κ1) is 10.9. The zero-order valence-electron chi connectivity index (χ0n) is 8.12. The zero-order valence-corrected chi connectivity index (χ0v) is 8.94. The van der Waals surface area contributed by atoms with Crippen LogP contribution >= 0.6 is 11.8 Å². The van der Waals surface area contributed by atoms with Gasteiger partial charge >= 0.3 is 5.97 Å². The molecule has 1 fully saturated rings. The minimum atomic E-state index is -0.0913. The van der Waals surface area contributed by atoms with Crippen LogP contribution in [0.2, 0.25) is 0 Å². The topological polar surface area (TPSA) is 29.5 Å². The Morgan fingerprint density at radius 2 is 2.15 bits per heavy atom. The largest absolute Gasteiger partial charge is 0.469 e. The van der Waals surface area contributed by atoms with E-state index in [4.69, 9.17) is 0 Å². The van der Waals surface area contributed by atoms with E-state index >= 15 is 0 Å². The lowest BCUT2D eigenvalue weighted by Crippen LogP contribution is -2.33. The summed E-state index contributed by atoms with van der Waals surface area (Å²) in [6.45, 7) is 3.38. The fourth-order valence-electron chi connectivity index (χ4n) is 1.37. The van der Waals surface area contributed by atoms with Gasteiger partial charge in [0.2, 0.25) is 0 Å². The molecule has 0 aromatic heterocycles. The van der Waals surface area contributed by atoms with Gasteiger partial charge in [0, 0.05) is 31.0 Å². The van der Waals surface area contributed by atoms with Crippen molar-refractivity contribution in [1.82, 2.24) is 4.90 Å². The van der Waals surface area contributed by atoms with Crippen molar-refractivity contribution >= 4 is 17.7 Å². The van der Waals surface area contributed by atoms with Gasteiger partial charge in [0.1, 0.15) is 0 Å². The maximum atomic E-state index is 10.8. The van der Waals surface area contributed by atoms with Crippen LogP contribution in [0.3, 0.4) is 0 Å². The zero-order chi connectivity index (χ0) is 9.52. The molecule has 0 bridgehead atoms. The van der Waals surface area contributed by atoms with Gasteiger partial charge in [0.05, 0.1) is 7.11 Å². The summed E-state index contributed by atoms with van der Waals surface area (Å²) in [5, 5.41) is 0. The molecule has 0 amide bonds. The van der Waals surface area contributed by atoms with Crippen molar-refractivity contribution < 1.29 is 9.53 Å². The predicted octanol–water partition coefficient (Wildman–Crippen LogP) is 0.988. The quantitative estimate of drug-likeness (QED) is 0.637. The van der Waals surface area contributed by atoms with Gasteiger partial charge in [0.25, 0.3) is 0 Å². The average molecular weight is 203 g/mol. The molecule has 3 nitrogen and oxygen atoms in total. The second-order valence-corrected chi connectivity index (χ2v) is 4.36. The summed E-state index contributed by atoms with van der Waals surface area (Å²) in [7, 11) is 1.44. The standard InChI is InChI=1S/C9H17NO2S/c1-12-9(11)3-2-4-10-5-7-13-8-6-10/h2-8H2,1H3. The Kier molecular flexibility index (Phi) is 5.23. The van der Waals surface area contributed by atoms with Crippen molar-refractivity contribution in [2.24, 2.45) is 0 Å². The Morgan fingerprint density at radius 1 is 1.46 bits per heavy atom. The molecule has 1 rings (SSSR count). The monoisotopic (exact) mass is 203 g/mol. The summed E-state index contributed by atoms with van der Waals surface area (Å²) >= 11 is 2.01. The van der Waals surface area contributed by atoms with Crippen LogP contribution in [0, 0.1) is 0 Å². The van der Waals surface area contributed by atoms with Crippen LogP contribution in [-0.4, -0.2) is 49.1 Å². The second-order valence-electron chi connectivity index (χ2n) is 3.13. The maximum absolute atomic E-state index is 10.8. The summed E-state index contributed by atoms with van der Waals surface area (Å²) < 4.78 is 4.58. The lowest BCUT2D eigenvalue weighted by Gasteiger charge is -2.25. The molecule has 1 heterocycles. The molecule has 0 unspecified atom stereocenters. The van der Waals surface area contributed by atoms with Gasteiger partial charge in [-0.05, 0) is 13.0 Å². The number of hydrogen-bond donors (Lipinski definition) is 0. The van der Waals surface area contributed by atoms with Gasteiger partial charge in [-0.1, -0.05) is 0 Å². The van der Waals surface area contributed by atoms with E-state index in [0.29, 0.717) is 6.42 Å². The molecule has 0 atom stereocenters. The average Bonchev–Trinajstić information content (AvgIpc) is 2.19. The highest BCUT2D eigenvalue weighted by molar-refractivity contribution is 7.99. The van der Waals surface area contributed by atoms with Gasteiger partial charge in [-0.2, -0.15) is 11.8 Å². The van der Waals surface area contributed by atoms with Crippen LogP contribution in [0.4, 0.5) is 0 Å². The Balaban J connectivity index is 2.01. The van der Waals surface area contributed by atoms with Gasteiger partial charge in [0.15, 0.2) is 0 Å². The van der Waals surface area contributed by atoms with Crippen molar-refractivity contribution in [3.63, 3.8) is 0 Å². The van der Waals surface area contributed by atoms with E-state index in [1.54, 1.807) is 0 Å². The van der Waals surface area contributed by atoms with Gasteiger partial charge in [-0.3, -0.25) is 4.79 Å². The first-order valence-corrected chi connectivity index (χ1v) is 5.85. The van der Waals surface area contributed by atoms with Crippen LogP contribution in [0.25, 0.3) is 0 Å². The van der Waals surface area contributed by atoms with E-state index in [-0.39, 0.29) is 5.97 Å². The third-order valence-corrected chi connectivity index (χ3v) is 3.13. The molecule has 0 radical (unpaired) electrons.